The van der Waals surface area contributed by atoms with Gasteiger partial charge in [0.1, 0.15) is 0 Å². The summed E-state index contributed by atoms with van der Waals surface area (Å²) >= 11 is 0. The molecule has 2 N–H and O–H groups in total. The fourth-order valence-electron chi connectivity index (χ4n) is 3.97. The lowest BCUT2D eigenvalue weighted by molar-refractivity contribution is -0.135. The molecule has 1 amide bonds. The molecule has 0 spiro atoms. The predicted molar refractivity (Wildman–Crippen MR) is 69.0 cm³/mol. The Morgan fingerprint density at radius 3 is 2.56 bits per heavy atom. The maximum atomic E-state index is 12.5. The van der Waals surface area contributed by atoms with E-state index in [4.69, 9.17) is 0 Å². The number of hydrogen-bond donors (Lipinski definition) is 2. The third-order valence-corrected chi connectivity index (χ3v) is 4.96. The second-order valence-corrected chi connectivity index (χ2v) is 6.27. The van der Waals surface area contributed by atoms with Crippen LogP contribution in [0.15, 0.2) is 0 Å². The van der Waals surface area contributed by atoms with Crippen molar-refractivity contribution in [2.45, 2.75) is 38.2 Å². The topological polar surface area (TPSA) is 52.6 Å². The molecule has 4 atom stereocenters. The van der Waals surface area contributed by atoms with Gasteiger partial charge in [-0.15, -0.1) is 0 Å². The Morgan fingerprint density at radius 1 is 1.11 bits per heavy atom. The minimum atomic E-state index is -0.112. The first-order valence-corrected chi connectivity index (χ1v) is 7.41. The van der Waals surface area contributed by atoms with Gasteiger partial charge in [0.2, 0.25) is 5.91 Å². The molecule has 1 saturated carbocycles. The molecule has 2 heterocycles. The summed E-state index contributed by atoms with van der Waals surface area (Å²) in [6.07, 6.45) is 4.85. The second kappa shape index (κ2) is 5.17. The van der Waals surface area contributed by atoms with Crippen molar-refractivity contribution in [3.05, 3.63) is 0 Å². The van der Waals surface area contributed by atoms with Gasteiger partial charge < -0.3 is 15.3 Å². The van der Waals surface area contributed by atoms with E-state index in [0.29, 0.717) is 17.7 Å². The molecule has 0 aromatic carbocycles. The zero-order chi connectivity index (χ0) is 12.5. The lowest BCUT2D eigenvalue weighted by Crippen LogP contribution is -2.36. The number of rotatable bonds is 1. The molecule has 3 fully saturated rings. The number of carbonyl (C=O) groups is 1. The van der Waals surface area contributed by atoms with Gasteiger partial charge in [-0.25, -0.2) is 0 Å². The first-order valence-electron chi connectivity index (χ1n) is 7.41. The highest BCUT2D eigenvalue weighted by Gasteiger charge is 2.42. The van der Waals surface area contributed by atoms with Crippen molar-refractivity contribution in [3.8, 4) is 0 Å². The fourth-order valence-corrected chi connectivity index (χ4v) is 3.97. The largest absolute Gasteiger partial charge is 0.393 e. The van der Waals surface area contributed by atoms with Gasteiger partial charge in [0.05, 0.1) is 6.10 Å². The van der Waals surface area contributed by atoms with E-state index >= 15 is 0 Å². The molecule has 2 aliphatic heterocycles. The molecule has 3 rings (SSSR count). The minimum absolute atomic E-state index is 0.112. The van der Waals surface area contributed by atoms with Crippen LogP contribution >= 0.6 is 0 Å². The summed E-state index contributed by atoms with van der Waals surface area (Å²) in [6, 6.07) is 0. The molecule has 0 radical (unpaired) electrons. The monoisotopic (exact) mass is 252 g/mol. The SMILES string of the molecule is O=C(C1CCCNCC1)N1C[C@H]2CC(O)C[C@H]2C1. The van der Waals surface area contributed by atoms with E-state index < -0.39 is 0 Å². The van der Waals surface area contributed by atoms with Gasteiger partial charge in [-0.05, 0) is 57.0 Å². The molecule has 2 saturated heterocycles. The number of nitrogens with zero attached hydrogens (tertiary/aromatic N) is 1. The van der Waals surface area contributed by atoms with E-state index in [2.05, 4.69) is 10.2 Å². The number of hydrogen-bond acceptors (Lipinski definition) is 3. The molecule has 4 nitrogen and oxygen atoms in total. The average Bonchev–Trinajstić information content (AvgIpc) is 2.75. The average molecular weight is 252 g/mol. The third-order valence-electron chi connectivity index (χ3n) is 4.96. The summed E-state index contributed by atoms with van der Waals surface area (Å²) < 4.78 is 0. The van der Waals surface area contributed by atoms with Crippen molar-refractivity contribution in [2.24, 2.45) is 17.8 Å². The van der Waals surface area contributed by atoms with E-state index in [0.717, 1.165) is 58.3 Å². The molecule has 1 aliphatic carbocycles. The van der Waals surface area contributed by atoms with Crippen molar-refractivity contribution in [3.63, 3.8) is 0 Å². The van der Waals surface area contributed by atoms with Crippen molar-refractivity contribution in [1.29, 1.82) is 0 Å². The van der Waals surface area contributed by atoms with Crippen LogP contribution in [0.1, 0.15) is 32.1 Å². The van der Waals surface area contributed by atoms with E-state index in [1.807, 2.05) is 0 Å². The molecule has 4 heteroatoms. The molecule has 3 aliphatic rings. The van der Waals surface area contributed by atoms with E-state index in [9.17, 15) is 9.90 Å². The molecular formula is C14H24N2O2. The Labute approximate surface area is 109 Å². The molecule has 18 heavy (non-hydrogen) atoms. The molecule has 102 valence electrons. The number of carbonyl (C=O) groups excluding carboxylic acids is 1. The summed E-state index contributed by atoms with van der Waals surface area (Å²) in [7, 11) is 0. The first kappa shape index (κ1) is 12.4. The third kappa shape index (κ3) is 2.41. The minimum Gasteiger partial charge on any atom is -0.393 e. The van der Waals surface area contributed by atoms with Crippen molar-refractivity contribution >= 4 is 5.91 Å². The summed E-state index contributed by atoms with van der Waals surface area (Å²) in [5, 5.41) is 13.0. The number of nitrogens with one attached hydrogen (secondary N) is 1. The van der Waals surface area contributed by atoms with Gasteiger partial charge in [0.25, 0.3) is 0 Å². The zero-order valence-electron chi connectivity index (χ0n) is 11.0. The lowest BCUT2D eigenvalue weighted by Gasteiger charge is -2.23. The smallest absolute Gasteiger partial charge is 0.225 e. The van der Waals surface area contributed by atoms with E-state index in [1.54, 1.807) is 0 Å². The van der Waals surface area contributed by atoms with Crippen LogP contribution in [0.4, 0.5) is 0 Å². The van der Waals surface area contributed by atoms with Crippen molar-refractivity contribution in [1.82, 2.24) is 10.2 Å². The predicted octanol–water partition coefficient (Wildman–Crippen LogP) is 0.605. The van der Waals surface area contributed by atoms with Crippen LogP contribution < -0.4 is 5.32 Å². The number of likely N-dealkylation sites (tertiary alicyclic amines) is 1. The summed E-state index contributed by atoms with van der Waals surface area (Å²) in [4.78, 5) is 14.6. The Bertz CT molecular complexity index is 299. The van der Waals surface area contributed by atoms with Gasteiger partial charge in [-0.3, -0.25) is 4.79 Å². The van der Waals surface area contributed by atoms with E-state index in [-0.39, 0.29) is 12.0 Å². The van der Waals surface area contributed by atoms with Crippen LogP contribution in [-0.4, -0.2) is 48.2 Å². The molecule has 0 aromatic rings. The van der Waals surface area contributed by atoms with Crippen LogP contribution in [0.3, 0.4) is 0 Å². The van der Waals surface area contributed by atoms with E-state index in [1.165, 1.54) is 0 Å². The molecule has 2 unspecified atom stereocenters. The Morgan fingerprint density at radius 2 is 1.83 bits per heavy atom. The Hall–Kier alpha value is -0.610. The highest BCUT2D eigenvalue weighted by Crippen LogP contribution is 2.38. The molecular weight excluding hydrogens is 228 g/mol. The van der Waals surface area contributed by atoms with Crippen LogP contribution in [0.25, 0.3) is 0 Å². The van der Waals surface area contributed by atoms with Gasteiger partial charge in [0, 0.05) is 19.0 Å². The summed E-state index contributed by atoms with van der Waals surface area (Å²) in [5.74, 6) is 1.74. The highest BCUT2D eigenvalue weighted by molar-refractivity contribution is 5.79. The van der Waals surface area contributed by atoms with Crippen LogP contribution in [-0.2, 0) is 4.79 Å². The number of amides is 1. The zero-order valence-corrected chi connectivity index (χ0v) is 11.0. The summed E-state index contributed by atoms with van der Waals surface area (Å²) in [5.41, 5.74) is 0. The quantitative estimate of drug-likeness (QED) is 0.719. The molecule has 0 bridgehead atoms. The van der Waals surface area contributed by atoms with Crippen LogP contribution in [0.2, 0.25) is 0 Å². The van der Waals surface area contributed by atoms with Gasteiger partial charge in [-0.1, -0.05) is 0 Å². The Balaban J connectivity index is 1.57. The number of aliphatic hydroxyl groups excluding tert-OH is 1. The summed E-state index contributed by atoms with van der Waals surface area (Å²) in [6.45, 7) is 3.83. The second-order valence-electron chi connectivity index (χ2n) is 6.27. The fraction of sp³-hybridized carbons (Fsp3) is 0.929. The van der Waals surface area contributed by atoms with Gasteiger partial charge >= 0.3 is 0 Å². The highest BCUT2D eigenvalue weighted by atomic mass is 16.3. The maximum Gasteiger partial charge on any atom is 0.225 e. The number of fused-ring (bicyclic) bond motifs is 1. The van der Waals surface area contributed by atoms with Crippen molar-refractivity contribution < 1.29 is 9.90 Å². The van der Waals surface area contributed by atoms with Gasteiger partial charge in [0.15, 0.2) is 0 Å². The van der Waals surface area contributed by atoms with Gasteiger partial charge in [-0.2, -0.15) is 0 Å². The van der Waals surface area contributed by atoms with Crippen LogP contribution in [0.5, 0.6) is 0 Å². The maximum absolute atomic E-state index is 12.5. The first-order chi connectivity index (χ1) is 8.74. The normalized spacial score (nSPS) is 40.6. The number of aliphatic hydroxyl groups is 1. The lowest BCUT2D eigenvalue weighted by atomic mass is 9.99. The van der Waals surface area contributed by atoms with Crippen LogP contribution in [0, 0.1) is 17.8 Å². The molecule has 0 aromatic heterocycles. The van der Waals surface area contributed by atoms with Crippen molar-refractivity contribution in [2.75, 3.05) is 26.2 Å². The Kier molecular flexibility index (Phi) is 3.57. The standard InChI is InChI=1S/C14H24N2O2/c17-13-6-11-8-16(9-12(11)7-13)14(18)10-2-1-4-15-5-3-10/h10-13,15,17H,1-9H2/t10?,11-,12+,13?.